The minimum atomic E-state index is -2.50. The molecular formula is C23H32F2IN3O3. The second-order valence-corrected chi connectivity index (χ2v) is 6.79. The molecule has 2 aromatic carbocycles. The number of guanidine groups is 1. The molecule has 0 aliphatic heterocycles. The maximum Gasteiger partial charge on any atom is 0.272 e. The van der Waals surface area contributed by atoms with Crippen molar-refractivity contribution in [3.63, 3.8) is 0 Å². The van der Waals surface area contributed by atoms with E-state index in [1.165, 1.54) is 0 Å². The van der Waals surface area contributed by atoms with Gasteiger partial charge in [-0.3, -0.25) is 4.99 Å². The number of rotatable bonds is 12. The first-order valence-electron chi connectivity index (χ1n) is 10.3. The number of alkyl halides is 2. The number of benzene rings is 2. The lowest BCUT2D eigenvalue weighted by atomic mass is 10.1. The largest absolute Gasteiger partial charge is 0.491 e. The molecule has 32 heavy (non-hydrogen) atoms. The highest BCUT2D eigenvalue weighted by Crippen LogP contribution is 2.20. The van der Waals surface area contributed by atoms with E-state index in [2.05, 4.69) is 15.6 Å². The van der Waals surface area contributed by atoms with Crippen LogP contribution in [-0.2, 0) is 17.8 Å². The summed E-state index contributed by atoms with van der Waals surface area (Å²) in [5.41, 5.74) is 3.02. The fraction of sp³-hybridized carbons (Fsp3) is 0.435. The van der Waals surface area contributed by atoms with Crippen LogP contribution in [-0.4, -0.2) is 45.9 Å². The van der Waals surface area contributed by atoms with Gasteiger partial charge < -0.3 is 24.8 Å². The molecule has 0 saturated carbocycles. The molecule has 0 aromatic heterocycles. The van der Waals surface area contributed by atoms with Gasteiger partial charge in [0, 0.05) is 32.3 Å². The average Bonchev–Trinajstić information content (AvgIpc) is 2.76. The first-order chi connectivity index (χ1) is 15.0. The molecule has 0 amide bonds. The normalized spacial score (nSPS) is 11.1. The molecule has 2 N–H and O–H groups in total. The molecule has 178 valence electrons. The molecule has 0 unspecified atom stereocenters. The van der Waals surface area contributed by atoms with Gasteiger partial charge in [-0.15, -0.1) is 24.0 Å². The number of hydrogen-bond acceptors (Lipinski definition) is 4. The maximum absolute atomic E-state index is 12.3. The summed E-state index contributed by atoms with van der Waals surface area (Å²) in [6, 6.07) is 13.1. The SMILES string of the molecule is CCOCCOc1cc(C)ccc1CNC(=NC)NCc1cccc(OCC(F)F)c1.I. The second-order valence-electron chi connectivity index (χ2n) is 6.79. The van der Waals surface area contributed by atoms with Gasteiger partial charge >= 0.3 is 0 Å². The van der Waals surface area contributed by atoms with Crippen molar-refractivity contribution in [1.29, 1.82) is 0 Å². The van der Waals surface area contributed by atoms with E-state index < -0.39 is 13.0 Å². The highest BCUT2D eigenvalue weighted by Gasteiger charge is 2.07. The highest BCUT2D eigenvalue weighted by atomic mass is 127. The number of nitrogens with zero attached hydrogens (tertiary/aromatic N) is 1. The highest BCUT2D eigenvalue weighted by molar-refractivity contribution is 14.0. The van der Waals surface area contributed by atoms with Crippen LogP contribution < -0.4 is 20.1 Å². The monoisotopic (exact) mass is 563 g/mol. The number of aryl methyl sites for hydroxylation is 1. The van der Waals surface area contributed by atoms with E-state index in [9.17, 15) is 8.78 Å². The summed E-state index contributed by atoms with van der Waals surface area (Å²) < 4.78 is 40.9. The van der Waals surface area contributed by atoms with Crippen LogP contribution in [0.15, 0.2) is 47.5 Å². The van der Waals surface area contributed by atoms with E-state index in [4.69, 9.17) is 14.2 Å². The van der Waals surface area contributed by atoms with Gasteiger partial charge in [-0.1, -0.05) is 24.3 Å². The molecule has 0 atom stereocenters. The zero-order valence-corrected chi connectivity index (χ0v) is 21.0. The van der Waals surface area contributed by atoms with Gasteiger partial charge in [-0.25, -0.2) is 8.78 Å². The van der Waals surface area contributed by atoms with Crippen molar-refractivity contribution < 1.29 is 23.0 Å². The van der Waals surface area contributed by atoms with Crippen LogP contribution in [0.3, 0.4) is 0 Å². The fourth-order valence-corrected chi connectivity index (χ4v) is 2.79. The Kier molecular flexibility index (Phi) is 13.6. The summed E-state index contributed by atoms with van der Waals surface area (Å²) in [6.07, 6.45) is -2.50. The summed E-state index contributed by atoms with van der Waals surface area (Å²) in [7, 11) is 1.69. The number of ether oxygens (including phenoxy) is 3. The van der Waals surface area contributed by atoms with Gasteiger partial charge in [0.05, 0.1) is 6.61 Å². The molecule has 0 bridgehead atoms. The van der Waals surface area contributed by atoms with Crippen LogP contribution in [0.4, 0.5) is 8.78 Å². The Labute approximate surface area is 205 Å². The molecule has 0 fully saturated rings. The van der Waals surface area contributed by atoms with Gasteiger partial charge in [-0.05, 0) is 43.2 Å². The van der Waals surface area contributed by atoms with Crippen molar-refractivity contribution in [3.8, 4) is 11.5 Å². The van der Waals surface area contributed by atoms with Crippen LogP contribution >= 0.6 is 24.0 Å². The third-order valence-electron chi connectivity index (χ3n) is 4.32. The van der Waals surface area contributed by atoms with Crippen LogP contribution in [0.25, 0.3) is 0 Å². The van der Waals surface area contributed by atoms with E-state index >= 15 is 0 Å². The van der Waals surface area contributed by atoms with E-state index in [0.717, 1.165) is 22.4 Å². The van der Waals surface area contributed by atoms with Gasteiger partial charge in [0.15, 0.2) is 5.96 Å². The van der Waals surface area contributed by atoms with Crippen molar-refractivity contribution in [2.75, 3.05) is 33.5 Å². The molecule has 2 rings (SSSR count). The Hall–Kier alpha value is -2.14. The Morgan fingerprint density at radius 2 is 1.81 bits per heavy atom. The molecule has 9 heteroatoms. The van der Waals surface area contributed by atoms with E-state index in [1.54, 1.807) is 25.2 Å². The molecule has 0 aliphatic carbocycles. The summed E-state index contributed by atoms with van der Waals surface area (Å²) in [4.78, 5) is 4.24. The first kappa shape index (κ1) is 27.9. The minimum Gasteiger partial charge on any atom is -0.491 e. The van der Waals surface area contributed by atoms with Crippen LogP contribution in [0.5, 0.6) is 11.5 Å². The smallest absolute Gasteiger partial charge is 0.272 e. The van der Waals surface area contributed by atoms with Crippen LogP contribution in [0, 0.1) is 6.92 Å². The third-order valence-corrected chi connectivity index (χ3v) is 4.32. The third kappa shape index (κ3) is 10.4. The molecule has 6 nitrogen and oxygen atoms in total. The minimum absolute atomic E-state index is 0. The summed E-state index contributed by atoms with van der Waals surface area (Å²) in [5.74, 6) is 1.84. The summed E-state index contributed by atoms with van der Waals surface area (Å²) >= 11 is 0. The van der Waals surface area contributed by atoms with Gasteiger partial charge in [0.1, 0.15) is 24.7 Å². The lowest BCUT2D eigenvalue weighted by Gasteiger charge is -2.16. The molecule has 0 spiro atoms. The quantitative estimate of drug-likeness (QED) is 0.172. The van der Waals surface area contributed by atoms with Crippen LogP contribution in [0.1, 0.15) is 23.6 Å². The van der Waals surface area contributed by atoms with E-state index in [-0.39, 0.29) is 24.0 Å². The molecular weight excluding hydrogens is 531 g/mol. The molecule has 2 aromatic rings. The van der Waals surface area contributed by atoms with Crippen molar-refractivity contribution in [3.05, 3.63) is 59.2 Å². The Balaban J connectivity index is 0.00000512. The van der Waals surface area contributed by atoms with E-state index in [1.807, 2.05) is 38.1 Å². The first-order valence-corrected chi connectivity index (χ1v) is 10.3. The fourth-order valence-electron chi connectivity index (χ4n) is 2.79. The second kappa shape index (κ2) is 15.6. The number of aliphatic imine (C=N–C) groups is 1. The van der Waals surface area contributed by atoms with E-state index in [0.29, 0.717) is 44.6 Å². The van der Waals surface area contributed by atoms with Crippen molar-refractivity contribution in [2.45, 2.75) is 33.4 Å². The number of nitrogens with one attached hydrogen (secondary N) is 2. The number of halogens is 3. The Bertz CT molecular complexity index is 838. The zero-order chi connectivity index (χ0) is 22.5. The molecule has 0 aliphatic rings. The summed E-state index contributed by atoms with van der Waals surface area (Å²) in [5, 5.41) is 6.48. The average molecular weight is 563 g/mol. The predicted octanol–water partition coefficient (Wildman–Crippen LogP) is 4.54. The van der Waals surface area contributed by atoms with Gasteiger partial charge in [0.25, 0.3) is 6.43 Å². The standard InChI is InChI=1S/C23H31F2N3O3.HI/c1-4-29-10-11-30-21-12-17(2)8-9-19(21)15-28-23(26-3)27-14-18-6-5-7-20(13-18)31-16-22(24)25;/h5-9,12-13,22H,4,10-11,14-16H2,1-3H3,(H2,26,27,28);1H. The van der Waals surface area contributed by atoms with Gasteiger partial charge in [0.2, 0.25) is 0 Å². The molecule has 0 heterocycles. The number of hydrogen-bond donors (Lipinski definition) is 2. The van der Waals surface area contributed by atoms with Gasteiger partial charge in [-0.2, -0.15) is 0 Å². The maximum atomic E-state index is 12.3. The molecule has 0 radical (unpaired) electrons. The topological polar surface area (TPSA) is 64.1 Å². The van der Waals surface area contributed by atoms with Crippen LogP contribution in [0.2, 0.25) is 0 Å². The Morgan fingerprint density at radius 3 is 2.53 bits per heavy atom. The predicted molar refractivity (Wildman–Crippen MR) is 134 cm³/mol. The molecule has 0 saturated heterocycles. The lowest BCUT2D eigenvalue weighted by molar-refractivity contribution is 0.0818. The van der Waals surface area contributed by atoms with Crippen molar-refractivity contribution in [1.82, 2.24) is 10.6 Å². The van der Waals surface area contributed by atoms with Crippen molar-refractivity contribution in [2.24, 2.45) is 4.99 Å². The zero-order valence-electron chi connectivity index (χ0n) is 18.7. The summed E-state index contributed by atoms with van der Waals surface area (Å²) in [6.45, 7) is 6.04. The Morgan fingerprint density at radius 1 is 1.03 bits per heavy atom. The van der Waals surface area contributed by atoms with Crippen molar-refractivity contribution >= 4 is 29.9 Å². The lowest BCUT2D eigenvalue weighted by Crippen LogP contribution is -2.36.